The van der Waals surface area contributed by atoms with Gasteiger partial charge in [-0.05, 0) is 32.0 Å². The second-order valence-corrected chi connectivity index (χ2v) is 6.63. The molecule has 0 saturated carbocycles. The first-order valence-electron chi connectivity index (χ1n) is 9.00. The van der Waals surface area contributed by atoms with Crippen molar-refractivity contribution in [1.29, 1.82) is 0 Å². The van der Waals surface area contributed by atoms with Gasteiger partial charge in [0.1, 0.15) is 6.61 Å². The first-order valence-corrected chi connectivity index (χ1v) is 9.00. The quantitative estimate of drug-likeness (QED) is 0.478. The molecule has 1 amide bonds. The van der Waals surface area contributed by atoms with Crippen LogP contribution in [0.15, 0.2) is 43.0 Å². The van der Waals surface area contributed by atoms with Crippen molar-refractivity contribution in [2.45, 2.75) is 26.4 Å². The number of esters is 1. The Morgan fingerprint density at radius 1 is 1.31 bits per heavy atom. The average molecular weight is 356 g/mol. The van der Waals surface area contributed by atoms with Gasteiger partial charge >= 0.3 is 5.97 Å². The number of carbonyl (C=O) groups excluding carboxylic acids is 2. The zero-order chi connectivity index (χ0) is 19.1. The highest BCUT2D eigenvalue weighted by Crippen LogP contribution is 2.21. The number of rotatable bonds is 10. The third kappa shape index (κ3) is 5.30. The first-order chi connectivity index (χ1) is 12.4. The third-order valence-corrected chi connectivity index (χ3v) is 4.69. The second-order valence-electron chi connectivity index (χ2n) is 6.63. The van der Waals surface area contributed by atoms with Gasteiger partial charge in [0, 0.05) is 31.7 Å². The highest BCUT2D eigenvalue weighted by molar-refractivity contribution is 5.93. The van der Waals surface area contributed by atoms with Gasteiger partial charge in [0.25, 0.3) is 0 Å². The Bertz CT molecular complexity index is 696. The lowest BCUT2D eigenvalue weighted by Gasteiger charge is -2.25. The monoisotopic (exact) mass is 356 g/mol. The van der Waals surface area contributed by atoms with Gasteiger partial charge in [-0.15, -0.1) is 0 Å². The summed E-state index contributed by atoms with van der Waals surface area (Å²) in [5, 5.41) is 0. The highest BCUT2D eigenvalue weighted by Gasteiger charge is 2.22. The zero-order valence-electron chi connectivity index (χ0n) is 15.8. The summed E-state index contributed by atoms with van der Waals surface area (Å²) in [6, 6.07) is 5.49. The molecule has 26 heavy (non-hydrogen) atoms. The summed E-state index contributed by atoms with van der Waals surface area (Å²) in [6.07, 6.45) is 3.01. The molecule has 0 N–H and O–H groups in total. The lowest BCUT2D eigenvalue weighted by atomic mass is 10.0. The fraction of sp³-hybridized carbons (Fsp3) is 0.429. The summed E-state index contributed by atoms with van der Waals surface area (Å²) < 4.78 is 5.01. The lowest BCUT2D eigenvalue weighted by Crippen LogP contribution is -2.38. The van der Waals surface area contributed by atoms with Crippen LogP contribution in [0.1, 0.15) is 34.8 Å². The maximum Gasteiger partial charge on any atom is 0.338 e. The molecule has 0 radical (unpaired) electrons. The number of ether oxygens (including phenoxy) is 1. The summed E-state index contributed by atoms with van der Waals surface area (Å²) >= 11 is 0. The van der Waals surface area contributed by atoms with E-state index >= 15 is 0 Å². The number of amides is 1. The van der Waals surface area contributed by atoms with Gasteiger partial charge < -0.3 is 14.5 Å². The molecule has 140 valence electrons. The summed E-state index contributed by atoms with van der Waals surface area (Å²) in [4.78, 5) is 28.2. The van der Waals surface area contributed by atoms with E-state index in [1.165, 1.54) is 0 Å². The molecule has 1 heterocycles. The molecule has 0 saturated heterocycles. The highest BCUT2D eigenvalue weighted by atomic mass is 16.5. The van der Waals surface area contributed by atoms with E-state index in [1.807, 2.05) is 31.0 Å². The van der Waals surface area contributed by atoms with Crippen molar-refractivity contribution in [3.63, 3.8) is 0 Å². The summed E-state index contributed by atoms with van der Waals surface area (Å²) in [5.41, 5.74) is 3.42. The van der Waals surface area contributed by atoms with Crippen molar-refractivity contribution in [2.75, 3.05) is 33.2 Å². The van der Waals surface area contributed by atoms with E-state index in [-0.39, 0.29) is 11.9 Å². The molecule has 1 aromatic rings. The number of nitrogens with zero attached hydrogens (tertiary/aromatic N) is 2. The summed E-state index contributed by atoms with van der Waals surface area (Å²) in [7, 11) is 2.05. The smallest absolute Gasteiger partial charge is 0.338 e. The Kier molecular flexibility index (Phi) is 7.16. The maximum atomic E-state index is 12.6. The molecule has 1 aliphatic heterocycles. The van der Waals surface area contributed by atoms with Crippen molar-refractivity contribution in [3.05, 3.63) is 59.7 Å². The first kappa shape index (κ1) is 19.9. The number of fused-ring (bicyclic) bond motifs is 1. The van der Waals surface area contributed by atoms with Gasteiger partial charge in [-0.1, -0.05) is 36.9 Å². The molecule has 0 atom stereocenters. The van der Waals surface area contributed by atoms with Crippen LogP contribution in [0.4, 0.5) is 0 Å². The molecule has 0 aromatic heterocycles. The maximum absolute atomic E-state index is 12.6. The summed E-state index contributed by atoms with van der Waals surface area (Å²) in [6.45, 7) is 13.0. The number of benzene rings is 1. The Hall–Kier alpha value is -2.40. The topological polar surface area (TPSA) is 49.9 Å². The molecule has 0 spiro atoms. The fourth-order valence-electron chi connectivity index (χ4n) is 2.88. The van der Waals surface area contributed by atoms with Crippen LogP contribution in [-0.2, 0) is 22.6 Å². The van der Waals surface area contributed by atoms with Gasteiger partial charge in [0.2, 0.25) is 5.91 Å². The van der Waals surface area contributed by atoms with E-state index in [1.54, 1.807) is 12.1 Å². The number of hydrogen-bond donors (Lipinski definition) is 0. The van der Waals surface area contributed by atoms with Gasteiger partial charge in [0.15, 0.2) is 0 Å². The van der Waals surface area contributed by atoms with Crippen LogP contribution in [0.2, 0.25) is 0 Å². The number of carbonyl (C=O) groups is 2. The van der Waals surface area contributed by atoms with Crippen LogP contribution in [0.3, 0.4) is 0 Å². The molecular formula is C21H28N2O3. The Labute approximate surface area is 155 Å². The fourth-order valence-corrected chi connectivity index (χ4v) is 2.88. The van der Waals surface area contributed by atoms with Gasteiger partial charge in [0.05, 0.1) is 12.0 Å². The van der Waals surface area contributed by atoms with E-state index in [4.69, 9.17) is 4.74 Å². The number of allylic oxidation sites excluding steroid dienone is 1. The molecule has 0 unspecified atom stereocenters. The molecule has 2 rings (SSSR count). The van der Waals surface area contributed by atoms with Gasteiger partial charge in [-0.3, -0.25) is 4.79 Å². The SMILES string of the molecule is C=CC(=C)CCN(C)CCN(CC)C(=O)Cc1ccc2c(c1)COC2=O. The van der Waals surface area contributed by atoms with Crippen LogP contribution >= 0.6 is 0 Å². The molecule has 0 aliphatic carbocycles. The van der Waals surface area contributed by atoms with Crippen LogP contribution in [0.25, 0.3) is 0 Å². The third-order valence-electron chi connectivity index (χ3n) is 4.69. The molecular weight excluding hydrogens is 328 g/mol. The molecule has 1 aromatic carbocycles. The Balaban J connectivity index is 1.85. The molecule has 5 heteroatoms. The predicted molar refractivity (Wildman–Crippen MR) is 103 cm³/mol. The van der Waals surface area contributed by atoms with E-state index < -0.39 is 0 Å². The standard InChI is InChI=1S/C21H28N2O3/c1-5-16(3)9-10-22(4)11-12-23(6-2)20(24)14-17-7-8-19-18(13-17)15-26-21(19)25/h5,7-8,13H,1,3,6,9-12,14-15H2,2,4H3. The molecule has 0 fully saturated rings. The van der Waals surface area contributed by atoms with Crippen molar-refractivity contribution in [1.82, 2.24) is 9.80 Å². The van der Waals surface area contributed by atoms with Crippen LogP contribution in [-0.4, -0.2) is 54.9 Å². The number of hydrogen-bond acceptors (Lipinski definition) is 4. The lowest BCUT2D eigenvalue weighted by molar-refractivity contribution is -0.130. The average Bonchev–Trinajstić information content (AvgIpc) is 3.00. The van der Waals surface area contributed by atoms with Gasteiger partial charge in [-0.25, -0.2) is 4.79 Å². The number of cyclic esters (lactones) is 1. The van der Waals surface area contributed by atoms with Crippen molar-refractivity contribution >= 4 is 11.9 Å². The van der Waals surface area contributed by atoms with Crippen LogP contribution in [0.5, 0.6) is 0 Å². The molecule has 1 aliphatic rings. The van der Waals surface area contributed by atoms with Crippen LogP contribution in [0, 0.1) is 0 Å². The van der Waals surface area contributed by atoms with E-state index in [0.29, 0.717) is 31.7 Å². The van der Waals surface area contributed by atoms with E-state index in [0.717, 1.165) is 36.2 Å². The Morgan fingerprint density at radius 2 is 2.08 bits per heavy atom. The van der Waals surface area contributed by atoms with Crippen LogP contribution < -0.4 is 0 Å². The molecule has 5 nitrogen and oxygen atoms in total. The normalized spacial score (nSPS) is 12.7. The number of likely N-dealkylation sites (N-methyl/N-ethyl adjacent to an activating group) is 2. The van der Waals surface area contributed by atoms with E-state index in [2.05, 4.69) is 18.1 Å². The minimum absolute atomic E-state index is 0.0987. The minimum Gasteiger partial charge on any atom is -0.457 e. The predicted octanol–water partition coefficient (Wildman–Crippen LogP) is 2.81. The minimum atomic E-state index is -0.282. The zero-order valence-corrected chi connectivity index (χ0v) is 15.8. The largest absolute Gasteiger partial charge is 0.457 e. The van der Waals surface area contributed by atoms with Crippen molar-refractivity contribution < 1.29 is 14.3 Å². The Morgan fingerprint density at radius 3 is 2.77 bits per heavy atom. The van der Waals surface area contributed by atoms with E-state index in [9.17, 15) is 9.59 Å². The second kappa shape index (κ2) is 9.34. The van der Waals surface area contributed by atoms with Crippen molar-refractivity contribution in [3.8, 4) is 0 Å². The molecule has 0 bridgehead atoms. The summed E-state index contributed by atoms with van der Waals surface area (Å²) in [5.74, 6) is -0.183. The van der Waals surface area contributed by atoms with Crippen molar-refractivity contribution in [2.24, 2.45) is 0 Å². The van der Waals surface area contributed by atoms with Gasteiger partial charge in [-0.2, -0.15) is 0 Å².